The van der Waals surface area contributed by atoms with E-state index in [0.29, 0.717) is 24.9 Å². The monoisotopic (exact) mass is 468 g/mol. The molecule has 1 aromatic rings. The van der Waals surface area contributed by atoms with E-state index in [1.807, 2.05) is 0 Å². The van der Waals surface area contributed by atoms with Gasteiger partial charge in [0.15, 0.2) is 0 Å². The molecule has 3 aliphatic rings. The Bertz CT molecular complexity index is 927. The standard InChI is InChI=1S/C24H31F3N2O4/c1-22(2,3)33-21(31)28-18-12-17-5-4-9-23(17,13-18)20(30)29-10-8-15-6-7-19(11-16(15)14-29)32-24(25,26)27/h6-7,11,17-18H,4-5,8-10,12-14H2,1-3H3,(H,28,31)/t17-,18-,23-/m1/s1. The van der Waals surface area contributed by atoms with Crippen molar-refractivity contribution in [2.24, 2.45) is 11.3 Å². The molecule has 2 fully saturated rings. The Morgan fingerprint density at radius 2 is 1.94 bits per heavy atom. The highest BCUT2D eigenvalue weighted by atomic mass is 19.4. The highest BCUT2D eigenvalue weighted by Crippen LogP contribution is 2.55. The SMILES string of the molecule is CC(C)(C)OC(=O)N[C@@H]1C[C@H]2CCC[C@@]2(C(=O)N2CCc3ccc(OC(F)(F)F)cc3C2)C1. The summed E-state index contributed by atoms with van der Waals surface area (Å²) in [4.78, 5) is 27.8. The predicted molar refractivity (Wildman–Crippen MR) is 114 cm³/mol. The van der Waals surface area contributed by atoms with E-state index in [4.69, 9.17) is 4.74 Å². The van der Waals surface area contributed by atoms with Gasteiger partial charge in [-0.2, -0.15) is 0 Å². The fourth-order valence-electron chi connectivity index (χ4n) is 5.79. The van der Waals surface area contributed by atoms with Gasteiger partial charge in [0, 0.05) is 19.1 Å². The number of nitrogens with one attached hydrogen (secondary N) is 1. The zero-order valence-corrected chi connectivity index (χ0v) is 19.3. The molecule has 1 aromatic carbocycles. The number of hydrogen-bond donors (Lipinski definition) is 1. The first-order valence-corrected chi connectivity index (χ1v) is 11.5. The number of carbonyl (C=O) groups is 2. The number of fused-ring (bicyclic) bond motifs is 2. The largest absolute Gasteiger partial charge is 0.573 e. The molecule has 0 saturated heterocycles. The van der Waals surface area contributed by atoms with E-state index >= 15 is 0 Å². The van der Waals surface area contributed by atoms with E-state index in [2.05, 4.69) is 10.1 Å². The smallest absolute Gasteiger partial charge is 0.444 e. The highest BCUT2D eigenvalue weighted by molar-refractivity contribution is 5.84. The third kappa shape index (κ3) is 5.22. The number of hydrogen-bond acceptors (Lipinski definition) is 4. The Hall–Kier alpha value is -2.45. The molecule has 1 heterocycles. The number of alkyl carbamates (subject to hydrolysis) is 1. The summed E-state index contributed by atoms with van der Waals surface area (Å²) in [6.07, 6.45) is -0.671. The quantitative estimate of drug-likeness (QED) is 0.682. The van der Waals surface area contributed by atoms with E-state index < -0.39 is 23.5 Å². The van der Waals surface area contributed by atoms with Gasteiger partial charge in [0.1, 0.15) is 11.4 Å². The normalized spacial score (nSPS) is 27.0. The number of rotatable bonds is 3. The Kier molecular flexibility index (Phi) is 6.03. The molecular weight excluding hydrogens is 437 g/mol. The van der Waals surface area contributed by atoms with Crippen LogP contribution >= 0.6 is 0 Å². The fourth-order valence-corrected chi connectivity index (χ4v) is 5.79. The van der Waals surface area contributed by atoms with Crippen LogP contribution in [0.25, 0.3) is 0 Å². The van der Waals surface area contributed by atoms with Gasteiger partial charge in [-0.05, 0) is 82.1 Å². The average molecular weight is 469 g/mol. The molecule has 4 rings (SSSR count). The van der Waals surface area contributed by atoms with Crippen LogP contribution in [0.3, 0.4) is 0 Å². The molecular formula is C24H31F3N2O4. The second-order valence-electron chi connectivity index (χ2n) is 10.5. The van der Waals surface area contributed by atoms with E-state index in [9.17, 15) is 22.8 Å². The van der Waals surface area contributed by atoms with Crippen LogP contribution in [0.2, 0.25) is 0 Å². The number of carbonyl (C=O) groups excluding carboxylic acids is 2. The Balaban J connectivity index is 1.46. The molecule has 2 amide bonds. The van der Waals surface area contributed by atoms with Gasteiger partial charge in [0.25, 0.3) is 0 Å². The average Bonchev–Trinajstić information content (AvgIpc) is 3.21. The van der Waals surface area contributed by atoms with Crippen LogP contribution in [0.5, 0.6) is 5.75 Å². The molecule has 1 aliphatic heterocycles. The summed E-state index contributed by atoms with van der Waals surface area (Å²) in [5.41, 5.74) is 0.493. The van der Waals surface area contributed by atoms with Crippen LogP contribution in [0.15, 0.2) is 18.2 Å². The Morgan fingerprint density at radius 3 is 2.64 bits per heavy atom. The summed E-state index contributed by atoms with van der Waals surface area (Å²) in [5.74, 6) is -0.0348. The van der Waals surface area contributed by atoms with Gasteiger partial charge in [0.2, 0.25) is 5.91 Å². The number of amides is 2. The summed E-state index contributed by atoms with van der Waals surface area (Å²) >= 11 is 0. The molecule has 0 radical (unpaired) electrons. The molecule has 2 saturated carbocycles. The fraction of sp³-hybridized carbons (Fsp3) is 0.667. The van der Waals surface area contributed by atoms with Crippen LogP contribution in [0.1, 0.15) is 64.0 Å². The van der Waals surface area contributed by atoms with E-state index in [1.54, 1.807) is 31.7 Å². The lowest BCUT2D eigenvalue weighted by molar-refractivity contribution is -0.274. The van der Waals surface area contributed by atoms with Crippen molar-refractivity contribution in [1.29, 1.82) is 0 Å². The summed E-state index contributed by atoms with van der Waals surface area (Å²) < 4.78 is 47.3. The Morgan fingerprint density at radius 1 is 1.18 bits per heavy atom. The van der Waals surface area contributed by atoms with E-state index in [-0.39, 0.29) is 30.2 Å². The molecule has 33 heavy (non-hydrogen) atoms. The summed E-state index contributed by atoms with van der Waals surface area (Å²) in [7, 11) is 0. The van der Waals surface area contributed by atoms with Crippen molar-refractivity contribution >= 4 is 12.0 Å². The van der Waals surface area contributed by atoms with Crippen molar-refractivity contribution < 1.29 is 32.2 Å². The second kappa shape index (κ2) is 8.40. The third-order valence-electron chi connectivity index (χ3n) is 6.99. The first-order chi connectivity index (χ1) is 15.3. The molecule has 0 aromatic heterocycles. The molecule has 0 spiro atoms. The van der Waals surface area contributed by atoms with Crippen molar-refractivity contribution in [2.75, 3.05) is 6.54 Å². The number of halogens is 3. The van der Waals surface area contributed by atoms with Crippen LogP contribution in [-0.2, 0) is 22.5 Å². The lowest BCUT2D eigenvalue weighted by atomic mass is 9.78. The van der Waals surface area contributed by atoms with Gasteiger partial charge >= 0.3 is 12.5 Å². The lowest BCUT2D eigenvalue weighted by Crippen LogP contribution is -2.47. The predicted octanol–water partition coefficient (Wildman–Crippen LogP) is 4.94. The van der Waals surface area contributed by atoms with Crippen LogP contribution < -0.4 is 10.1 Å². The van der Waals surface area contributed by atoms with Crippen molar-refractivity contribution in [2.45, 2.75) is 83.8 Å². The maximum absolute atomic E-state index is 13.8. The van der Waals surface area contributed by atoms with Gasteiger partial charge < -0.3 is 19.7 Å². The zero-order chi connectivity index (χ0) is 24.0. The number of alkyl halides is 3. The van der Waals surface area contributed by atoms with E-state index in [0.717, 1.165) is 31.2 Å². The summed E-state index contributed by atoms with van der Waals surface area (Å²) in [5, 5.41) is 2.94. The minimum absolute atomic E-state index is 0.0475. The molecule has 9 heteroatoms. The maximum Gasteiger partial charge on any atom is 0.573 e. The number of benzene rings is 1. The second-order valence-corrected chi connectivity index (χ2v) is 10.5. The van der Waals surface area contributed by atoms with Crippen LogP contribution in [0.4, 0.5) is 18.0 Å². The zero-order valence-electron chi connectivity index (χ0n) is 19.3. The topological polar surface area (TPSA) is 67.9 Å². The van der Waals surface area contributed by atoms with Crippen molar-refractivity contribution in [1.82, 2.24) is 10.2 Å². The van der Waals surface area contributed by atoms with Crippen molar-refractivity contribution in [3.8, 4) is 5.75 Å². The first kappa shape index (κ1) is 23.7. The summed E-state index contributed by atoms with van der Waals surface area (Å²) in [6, 6.07) is 4.22. The van der Waals surface area contributed by atoms with Crippen molar-refractivity contribution in [3.63, 3.8) is 0 Å². The lowest BCUT2D eigenvalue weighted by Gasteiger charge is -2.37. The van der Waals surface area contributed by atoms with E-state index in [1.165, 1.54) is 12.1 Å². The van der Waals surface area contributed by atoms with Gasteiger partial charge in [-0.15, -0.1) is 13.2 Å². The van der Waals surface area contributed by atoms with Gasteiger partial charge in [-0.25, -0.2) is 4.79 Å². The minimum Gasteiger partial charge on any atom is -0.444 e. The minimum atomic E-state index is -4.76. The van der Waals surface area contributed by atoms with Crippen molar-refractivity contribution in [3.05, 3.63) is 29.3 Å². The third-order valence-corrected chi connectivity index (χ3v) is 6.99. The van der Waals surface area contributed by atoms with Crippen LogP contribution in [0, 0.1) is 11.3 Å². The van der Waals surface area contributed by atoms with Gasteiger partial charge in [0.05, 0.1) is 5.41 Å². The highest BCUT2D eigenvalue weighted by Gasteiger charge is 2.56. The van der Waals surface area contributed by atoms with Crippen LogP contribution in [-0.4, -0.2) is 41.5 Å². The molecule has 3 atom stereocenters. The maximum atomic E-state index is 13.8. The first-order valence-electron chi connectivity index (χ1n) is 11.5. The molecule has 2 aliphatic carbocycles. The van der Waals surface area contributed by atoms with Gasteiger partial charge in [-0.1, -0.05) is 12.5 Å². The molecule has 6 nitrogen and oxygen atoms in total. The Labute approximate surface area is 191 Å². The van der Waals surface area contributed by atoms with Gasteiger partial charge in [-0.3, -0.25) is 4.79 Å². The summed E-state index contributed by atoms with van der Waals surface area (Å²) in [6.45, 7) is 6.22. The molecule has 0 bridgehead atoms. The molecule has 0 unspecified atom stereocenters. The molecule has 1 N–H and O–H groups in total. The number of nitrogens with zero attached hydrogens (tertiary/aromatic N) is 1. The molecule has 182 valence electrons. The number of ether oxygens (including phenoxy) is 2.